The van der Waals surface area contributed by atoms with E-state index in [9.17, 15) is 22.8 Å². The Morgan fingerprint density at radius 2 is 1.63 bits per heavy atom. The summed E-state index contributed by atoms with van der Waals surface area (Å²) in [7, 11) is 0. The van der Waals surface area contributed by atoms with Crippen LogP contribution in [0.2, 0.25) is 0 Å². The van der Waals surface area contributed by atoms with E-state index in [0.29, 0.717) is 31.7 Å². The number of piperazine rings is 1. The number of aromatic nitrogens is 3. The van der Waals surface area contributed by atoms with E-state index in [1.54, 1.807) is 37.8 Å². The molecular weight excluding hydrogens is 471 g/mol. The van der Waals surface area contributed by atoms with Gasteiger partial charge in [0, 0.05) is 32.6 Å². The maximum atomic E-state index is 12.7. The zero-order valence-electron chi connectivity index (χ0n) is 19.5. The fourth-order valence-corrected chi connectivity index (χ4v) is 3.18. The zero-order valence-corrected chi connectivity index (χ0v) is 19.5. The van der Waals surface area contributed by atoms with Crippen LogP contribution in [-0.2, 0) is 11.2 Å². The Kier molecular flexibility index (Phi) is 7.66. The van der Waals surface area contributed by atoms with Crippen LogP contribution in [0.25, 0.3) is 0 Å². The van der Waals surface area contributed by atoms with E-state index in [-0.39, 0.29) is 23.8 Å². The number of nitrogens with zero attached hydrogens (tertiary/aromatic N) is 5. The molecule has 1 aromatic carbocycles. The molecule has 1 aliphatic heterocycles. The molecule has 1 fully saturated rings. The van der Waals surface area contributed by atoms with Gasteiger partial charge in [0.1, 0.15) is 11.4 Å². The molecule has 0 bridgehead atoms. The molecule has 1 saturated heterocycles. The molecule has 0 saturated carbocycles. The number of amides is 1. The minimum atomic E-state index is -4.57. The highest BCUT2D eigenvalue weighted by molar-refractivity contribution is 5.87. The fraction of sp³-hybridized carbons (Fsp3) is 0.500. The smallest absolute Gasteiger partial charge is 0.422 e. The molecular formula is C22H26F3N5O5. The van der Waals surface area contributed by atoms with Crippen molar-refractivity contribution >= 4 is 18.0 Å². The predicted molar refractivity (Wildman–Crippen MR) is 118 cm³/mol. The van der Waals surface area contributed by atoms with Crippen LogP contribution in [0.1, 0.15) is 42.5 Å². The molecule has 190 valence electrons. The van der Waals surface area contributed by atoms with Gasteiger partial charge < -0.3 is 24.4 Å². The van der Waals surface area contributed by atoms with E-state index >= 15 is 0 Å². The fourth-order valence-electron chi connectivity index (χ4n) is 3.18. The van der Waals surface area contributed by atoms with E-state index in [0.717, 1.165) is 0 Å². The van der Waals surface area contributed by atoms with E-state index in [1.165, 1.54) is 17.0 Å². The lowest BCUT2D eigenvalue weighted by Gasteiger charge is -2.35. The van der Waals surface area contributed by atoms with Crippen molar-refractivity contribution in [3.8, 4) is 6.01 Å². The van der Waals surface area contributed by atoms with Gasteiger partial charge >= 0.3 is 24.2 Å². The van der Waals surface area contributed by atoms with Gasteiger partial charge in [-0.05, 0) is 38.5 Å². The average molecular weight is 497 g/mol. The molecule has 0 aliphatic carbocycles. The van der Waals surface area contributed by atoms with Crippen molar-refractivity contribution in [2.75, 3.05) is 37.7 Å². The molecule has 13 heteroatoms. The number of rotatable bonds is 6. The van der Waals surface area contributed by atoms with Gasteiger partial charge in [-0.15, -0.1) is 0 Å². The molecule has 1 amide bonds. The number of halogens is 3. The van der Waals surface area contributed by atoms with Crippen LogP contribution in [0.4, 0.5) is 23.9 Å². The van der Waals surface area contributed by atoms with Crippen molar-refractivity contribution in [1.82, 2.24) is 19.9 Å². The van der Waals surface area contributed by atoms with Gasteiger partial charge in [-0.25, -0.2) is 9.59 Å². The van der Waals surface area contributed by atoms with E-state index in [4.69, 9.17) is 14.6 Å². The topological polar surface area (TPSA) is 118 Å². The van der Waals surface area contributed by atoms with Crippen LogP contribution >= 0.6 is 0 Å². The molecule has 35 heavy (non-hydrogen) atoms. The minimum Gasteiger partial charge on any atom is -0.478 e. The van der Waals surface area contributed by atoms with Crippen molar-refractivity contribution < 1.29 is 37.3 Å². The summed E-state index contributed by atoms with van der Waals surface area (Å²) in [4.78, 5) is 39.0. The van der Waals surface area contributed by atoms with Gasteiger partial charge in [-0.3, -0.25) is 0 Å². The third kappa shape index (κ3) is 7.97. The Labute approximate surface area is 199 Å². The molecule has 1 N–H and O–H groups in total. The lowest BCUT2D eigenvalue weighted by atomic mass is 10.1. The van der Waals surface area contributed by atoms with Crippen molar-refractivity contribution in [2.45, 2.75) is 39.0 Å². The van der Waals surface area contributed by atoms with Crippen LogP contribution in [0.3, 0.4) is 0 Å². The molecule has 10 nitrogen and oxygen atoms in total. The SMILES string of the molecule is CC(C)(C)OC(=O)N1CCN(c2nc(Cc3ccc(C(=O)O)cc3)nc(OCC(F)(F)F)n2)CC1. The molecule has 0 radical (unpaired) electrons. The number of aromatic carboxylic acids is 1. The summed E-state index contributed by atoms with van der Waals surface area (Å²) in [6.45, 7) is 5.03. The number of hydrogen-bond acceptors (Lipinski definition) is 8. The summed E-state index contributed by atoms with van der Waals surface area (Å²) in [6, 6.07) is 5.50. The van der Waals surface area contributed by atoms with Crippen molar-refractivity contribution in [3.63, 3.8) is 0 Å². The van der Waals surface area contributed by atoms with Gasteiger partial charge in [0.15, 0.2) is 6.61 Å². The highest BCUT2D eigenvalue weighted by Gasteiger charge is 2.30. The molecule has 2 heterocycles. The first-order valence-electron chi connectivity index (χ1n) is 10.8. The molecule has 1 aromatic heterocycles. The second-order valence-electron chi connectivity index (χ2n) is 8.87. The number of alkyl halides is 3. The van der Waals surface area contributed by atoms with E-state index in [1.807, 2.05) is 0 Å². The van der Waals surface area contributed by atoms with Crippen molar-refractivity contribution in [1.29, 1.82) is 0 Å². The highest BCUT2D eigenvalue weighted by atomic mass is 19.4. The number of benzene rings is 1. The number of carbonyl (C=O) groups excluding carboxylic acids is 1. The quantitative estimate of drug-likeness (QED) is 0.642. The number of carbonyl (C=O) groups is 2. The summed E-state index contributed by atoms with van der Waals surface area (Å²) in [5, 5.41) is 9.04. The van der Waals surface area contributed by atoms with Crippen LogP contribution in [0.15, 0.2) is 24.3 Å². The molecule has 0 atom stereocenters. The van der Waals surface area contributed by atoms with Crippen molar-refractivity contribution in [3.05, 3.63) is 41.2 Å². The Bertz CT molecular complexity index is 1050. The van der Waals surface area contributed by atoms with Gasteiger partial charge in [0.05, 0.1) is 5.56 Å². The maximum Gasteiger partial charge on any atom is 0.422 e. The summed E-state index contributed by atoms with van der Waals surface area (Å²) < 4.78 is 48.2. The normalized spacial score (nSPS) is 14.6. The van der Waals surface area contributed by atoms with Gasteiger partial charge in [-0.1, -0.05) is 12.1 Å². The molecule has 3 rings (SSSR count). The first-order valence-corrected chi connectivity index (χ1v) is 10.8. The lowest BCUT2D eigenvalue weighted by molar-refractivity contribution is -0.154. The number of carboxylic acids is 1. The standard InChI is InChI=1S/C22H26F3N5O5/c1-21(2,3)35-20(33)30-10-8-29(9-11-30)18-26-16(27-19(28-18)34-13-22(23,24)25)12-14-4-6-15(7-5-14)17(31)32/h4-7H,8-13H2,1-3H3,(H,31,32). The third-order valence-electron chi connectivity index (χ3n) is 4.79. The van der Waals surface area contributed by atoms with Gasteiger partial charge in [0.2, 0.25) is 5.95 Å². The van der Waals surface area contributed by atoms with Crippen LogP contribution in [0.5, 0.6) is 6.01 Å². The summed E-state index contributed by atoms with van der Waals surface area (Å²) in [5.41, 5.74) is 0.121. The number of hydrogen-bond donors (Lipinski definition) is 1. The van der Waals surface area contributed by atoms with E-state index < -0.39 is 36.5 Å². The minimum absolute atomic E-state index is 0.0992. The highest BCUT2D eigenvalue weighted by Crippen LogP contribution is 2.21. The maximum absolute atomic E-state index is 12.7. The van der Waals surface area contributed by atoms with Gasteiger partial charge in [-0.2, -0.15) is 28.1 Å². The Morgan fingerprint density at radius 3 is 2.17 bits per heavy atom. The summed E-state index contributed by atoms with van der Waals surface area (Å²) in [5.74, 6) is -0.796. The van der Waals surface area contributed by atoms with E-state index in [2.05, 4.69) is 15.0 Å². The largest absolute Gasteiger partial charge is 0.478 e. The zero-order chi connectivity index (χ0) is 25.8. The second-order valence-corrected chi connectivity index (χ2v) is 8.87. The second kappa shape index (κ2) is 10.3. The Hall–Kier alpha value is -3.64. The van der Waals surface area contributed by atoms with Crippen LogP contribution < -0.4 is 9.64 Å². The first kappa shape index (κ1) is 26.0. The molecule has 1 aliphatic rings. The first-order chi connectivity index (χ1) is 16.3. The van der Waals surface area contributed by atoms with Gasteiger partial charge in [0.25, 0.3) is 0 Å². The number of anilines is 1. The predicted octanol–water partition coefficient (Wildman–Crippen LogP) is 3.16. The number of carboxylic acid groups (broad SMARTS) is 1. The molecule has 0 unspecified atom stereocenters. The van der Waals surface area contributed by atoms with Crippen LogP contribution in [-0.4, -0.2) is 81.6 Å². The third-order valence-corrected chi connectivity index (χ3v) is 4.79. The average Bonchev–Trinajstić information content (AvgIpc) is 2.76. The van der Waals surface area contributed by atoms with Crippen LogP contribution in [0, 0.1) is 0 Å². The lowest BCUT2D eigenvalue weighted by Crippen LogP contribution is -2.50. The molecule has 0 spiro atoms. The Balaban J connectivity index is 1.77. The Morgan fingerprint density at radius 1 is 1.00 bits per heavy atom. The monoisotopic (exact) mass is 497 g/mol. The van der Waals surface area contributed by atoms with Crippen molar-refractivity contribution in [2.24, 2.45) is 0 Å². The summed E-state index contributed by atoms with van der Waals surface area (Å²) >= 11 is 0. The molecule has 2 aromatic rings. The number of ether oxygens (including phenoxy) is 2. The summed E-state index contributed by atoms with van der Waals surface area (Å²) in [6.07, 6.45) is -4.90.